The van der Waals surface area contributed by atoms with Crippen LogP contribution in [0.15, 0.2) is 45.5 Å². The molecule has 11 heteroatoms. The van der Waals surface area contributed by atoms with Gasteiger partial charge in [-0.15, -0.1) is 11.3 Å². The molecule has 1 unspecified atom stereocenters. The van der Waals surface area contributed by atoms with Crippen molar-refractivity contribution in [2.45, 2.75) is 30.2 Å². The first-order valence-electron chi connectivity index (χ1n) is 10.1. The van der Waals surface area contributed by atoms with Gasteiger partial charge in [-0.2, -0.15) is 0 Å². The van der Waals surface area contributed by atoms with Gasteiger partial charge in [0.25, 0.3) is 5.56 Å². The van der Waals surface area contributed by atoms with E-state index in [0.29, 0.717) is 24.8 Å². The maximum atomic E-state index is 13.2. The fourth-order valence-electron chi connectivity index (χ4n) is 3.93. The van der Waals surface area contributed by atoms with Crippen LogP contribution in [0.5, 0.6) is 5.88 Å². The van der Waals surface area contributed by atoms with Crippen molar-refractivity contribution in [1.29, 1.82) is 0 Å². The van der Waals surface area contributed by atoms with Crippen molar-refractivity contribution in [3.63, 3.8) is 0 Å². The number of fused-ring (bicyclic) bond motifs is 1. The predicted molar refractivity (Wildman–Crippen MR) is 121 cm³/mol. The number of amides is 1. The van der Waals surface area contributed by atoms with Crippen LogP contribution in [0, 0.1) is 5.92 Å². The average Bonchev–Trinajstić information content (AvgIpc) is 3.25. The Morgan fingerprint density at radius 2 is 2.09 bits per heavy atom. The van der Waals surface area contributed by atoms with Crippen LogP contribution in [0.4, 0.5) is 5.13 Å². The topological polar surface area (TPSA) is 128 Å². The zero-order valence-electron chi connectivity index (χ0n) is 17.4. The Hall–Kier alpha value is -2.76. The second-order valence-electron chi connectivity index (χ2n) is 7.83. The number of hydrogen-bond donors (Lipinski definition) is 2. The molecule has 2 N–H and O–H groups in total. The predicted octanol–water partition coefficient (Wildman–Crippen LogP) is 2.56. The number of carbonyl (C=O) groups excluding carboxylic acids is 1. The van der Waals surface area contributed by atoms with Gasteiger partial charge in [0.1, 0.15) is 6.04 Å². The summed E-state index contributed by atoms with van der Waals surface area (Å²) in [4.78, 5) is 30.3. The van der Waals surface area contributed by atoms with Gasteiger partial charge in [-0.1, -0.05) is 0 Å². The smallest absolute Gasteiger partial charge is 0.254 e. The Morgan fingerprint density at radius 3 is 2.75 bits per heavy atom. The quantitative estimate of drug-likeness (QED) is 0.558. The van der Waals surface area contributed by atoms with E-state index in [1.807, 2.05) is 0 Å². The normalized spacial score (nSPS) is 16.2. The standard InChI is InChI=1S/C21H23N3O6S2/c1-32(28,29)15-2-3-16-14(11-15)12-18(25)24(20(16)27)17(10-13-4-7-30-8-5-13)19(26)23-21-22-6-9-31-21/h2-3,6,9,11-13,17,27H,4-5,7-8,10H2,1H3,(H,22,23,26). The fourth-order valence-corrected chi connectivity index (χ4v) is 5.12. The summed E-state index contributed by atoms with van der Waals surface area (Å²) >= 11 is 1.25. The Morgan fingerprint density at radius 1 is 1.34 bits per heavy atom. The maximum Gasteiger partial charge on any atom is 0.254 e. The minimum atomic E-state index is -3.48. The van der Waals surface area contributed by atoms with Crippen LogP contribution >= 0.6 is 11.3 Å². The highest BCUT2D eigenvalue weighted by Crippen LogP contribution is 2.32. The summed E-state index contributed by atoms with van der Waals surface area (Å²) in [5.41, 5.74) is -0.591. The molecular weight excluding hydrogens is 454 g/mol. The Bertz CT molecular complexity index is 1300. The lowest BCUT2D eigenvalue weighted by Crippen LogP contribution is -2.35. The maximum absolute atomic E-state index is 13.2. The highest BCUT2D eigenvalue weighted by molar-refractivity contribution is 7.90. The van der Waals surface area contributed by atoms with E-state index >= 15 is 0 Å². The van der Waals surface area contributed by atoms with Crippen LogP contribution < -0.4 is 10.9 Å². The number of sulfone groups is 1. The molecule has 0 bridgehead atoms. The summed E-state index contributed by atoms with van der Waals surface area (Å²) in [5, 5.41) is 16.4. The molecule has 32 heavy (non-hydrogen) atoms. The molecule has 1 saturated heterocycles. The summed E-state index contributed by atoms with van der Waals surface area (Å²) < 4.78 is 30.2. The van der Waals surface area contributed by atoms with Crippen LogP contribution in [0.2, 0.25) is 0 Å². The largest absolute Gasteiger partial charge is 0.494 e. The molecule has 3 heterocycles. The van der Waals surface area contributed by atoms with Crippen LogP contribution in [-0.2, 0) is 19.4 Å². The van der Waals surface area contributed by atoms with Gasteiger partial charge < -0.3 is 15.2 Å². The van der Waals surface area contributed by atoms with Gasteiger partial charge in [-0.05, 0) is 48.8 Å². The molecule has 4 rings (SSSR count). The lowest BCUT2D eigenvalue weighted by Gasteiger charge is -2.27. The van der Waals surface area contributed by atoms with Gasteiger partial charge in [-0.25, -0.2) is 13.4 Å². The van der Waals surface area contributed by atoms with E-state index in [2.05, 4.69) is 10.3 Å². The van der Waals surface area contributed by atoms with Crippen LogP contribution in [0.1, 0.15) is 25.3 Å². The summed E-state index contributed by atoms with van der Waals surface area (Å²) in [6, 6.07) is 4.45. The van der Waals surface area contributed by atoms with Crippen molar-refractivity contribution in [2.75, 3.05) is 24.8 Å². The van der Waals surface area contributed by atoms with Crippen LogP contribution in [0.25, 0.3) is 10.8 Å². The van der Waals surface area contributed by atoms with Gasteiger partial charge in [0, 0.05) is 42.5 Å². The number of nitrogens with zero attached hydrogens (tertiary/aromatic N) is 2. The number of pyridine rings is 1. The highest BCUT2D eigenvalue weighted by Gasteiger charge is 2.30. The number of ether oxygens (including phenoxy) is 1. The van der Waals surface area contributed by atoms with Gasteiger partial charge in [0.15, 0.2) is 15.0 Å². The SMILES string of the molecule is CS(=O)(=O)c1ccc2c(O)n(C(CC3CCOCC3)C(=O)Nc3nccs3)c(=O)cc2c1. The van der Waals surface area contributed by atoms with Gasteiger partial charge in [0.2, 0.25) is 11.8 Å². The molecule has 9 nitrogen and oxygen atoms in total. The van der Waals surface area contributed by atoms with E-state index in [9.17, 15) is 23.1 Å². The van der Waals surface area contributed by atoms with Gasteiger partial charge in [0.05, 0.1) is 4.90 Å². The first kappa shape index (κ1) is 22.4. The molecule has 1 aliphatic rings. The van der Waals surface area contributed by atoms with E-state index in [1.165, 1.54) is 35.6 Å². The number of hydrogen-bond acceptors (Lipinski definition) is 8. The first-order valence-corrected chi connectivity index (χ1v) is 12.9. The minimum absolute atomic E-state index is 0.0434. The molecule has 0 radical (unpaired) electrons. The molecule has 0 saturated carbocycles. The average molecular weight is 478 g/mol. The van der Waals surface area contributed by atoms with Crippen LogP contribution in [-0.4, -0.2) is 48.5 Å². The third-order valence-corrected chi connectivity index (χ3v) is 7.41. The molecule has 1 aliphatic heterocycles. The van der Waals surface area contributed by atoms with Crippen molar-refractivity contribution in [1.82, 2.24) is 9.55 Å². The zero-order valence-corrected chi connectivity index (χ0v) is 19.0. The molecule has 1 atom stereocenters. The molecule has 1 amide bonds. The first-order chi connectivity index (χ1) is 15.2. The summed E-state index contributed by atoms with van der Waals surface area (Å²) in [7, 11) is -3.48. The molecule has 1 aromatic carbocycles. The van der Waals surface area contributed by atoms with Crippen molar-refractivity contribution >= 4 is 43.0 Å². The summed E-state index contributed by atoms with van der Waals surface area (Å²) in [6.45, 7) is 1.16. The van der Waals surface area contributed by atoms with E-state index < -0.39 is 27.3 Å². The van der Waals surface area contributed by atoms with Crippen molar-refractivity contribution in [2.24, 2.45) is 5.92 Å². The molecule has 0 aliphatic carbocycles. The Balaban J connectivity index is 1.78. The number of thiazole rings is 1. The third kappa shape index (κ3) is 4.69. The molecule has 170 valence electrons. The molecule has 0 spiro atoms. The lowest BCUT2D eigenvalue weighted by atomic mass is 9.91. The number of aromatic nitrogens is 2. The molecular formula is C21H23N3O6S2. The number of aromatic hydroxyl groups is 1. The molecule has 1 fully saturated rings. The fraction of sp³-hybridized carbons (Fsp3) is 0.381. The van der Waals surface area contributed by atoms with Crippen molar-refractivity contribution in [3.05, 3.63) is 46.2 Å². The van der Waals surface area contributed by atoms with Crippen LogP contribution in [0.3, 0.4) is 0 Å². The molecule has 3 aromatic rings. The second kappa shape index (κ2) is 9.00. The second-order valence-corrected chi connectivity index (χ2v) is 10.7. The summed E-state index contributed by atoms with van der Waals surface area (Å²) in [5.74, 6) is -0.680. The number of rotatable bonds is 6. The Kier molecular flexibility index (Phi) is 6.31. The third-order valence-electron chi connectivity index (χ3n) is 5.61. The van der Waals surface area contributed by atoms with E-state index in [1.54, 1.807) is 11.6 Å². The lowest BCUT2D eigenvalue weighted by molar-refractivity contribution is -0.120. The van der Waals surface area contributed by atoms with Crippen molar-refractivity contribution < 1.29 is 23.1 Å². The van der Waals surface area contributed by atoms with E-state index in [-0.39, 0.29) is 27.5 Å². The van der Waals surface area contributed by atoms with Crippen molar-refractivity contribution in [3.8, 4) is 5.88 Å². The Labute approximate surface area is 188 Å². The zero-order chi connectivity index (χ0) is 22.9. The number of benzene rings is 1. The number of carbonyl (C=O) groups is 1. The number of anilines is 1. The van der Waals surface area contributed by atoms with E-state index in [4.69, 9.17) is 4.74 Å². The highest BCUT2D eigenvalue weighted by atomic mass is 32.2. The molecule has 2 aromatic heterocycles. The monoisotopic (exact) mass is 477 g/mol. The van der Waals surface area contributed by atoms with Gasteiger partial charge in [-0.3, -0.25) is 14.2 Å². The number of nitrogens with one attached hydrogen (secondary N) is 1. The minimum Gasteiger partial charge on any atom is -0.494 e. The van der Waals surface area contributed by atoms with E-state index in [0.717, 1.165) is 23.7 Å². The van der Waals surface area contributed by atoms with Gasteiger partial charge >= 0.3 is 0 Å². The summed E-state index contributed by atoms with van der Waals surface area (Å²) in [6.07, 6.45) is 4.49.